The highest BCUT2D eigenvalue weighted by atomic mass is 16.2. The Morgan fingerprint density at radius 1 is 0.841 bits per heavy atom. The van der Waals surface area contributed by atoms with Crippen molar-refractivity contribution in [2.24, 2.45) is 0 Å². The van der Waals surface area contributed by atoms with Gasteiger partial charge in [-0.15, -0.1) is 0 Å². The maximum atomic E-state index is 14.0. The van der Waals surface area contributed by atoms with Crippen LogP contribution in [0.25, 0.3) is 0 Å². The van der Waals surface area contributed by atoms with Gasteiger partial charge < -0.3 is 30.2 Å². The molecule has 0 aromatic heterocycles. The summed E-state index contributed by atoms with van der Waals surface area (Å²) in [5.74, 6) is 0.0206. The molecule has 3 fully saturated rings. The first-order valence-corrected chi connectivity index (χ1v) is 16.7. The number of anilines is 1. The monoisotopic (exact) mass is 600 g/mol. The highest BCUT2D eigenvalue weighted by molar-refractivity contribution is 5.92. The van der Waals surface area contributed by atoms with Gasteiger partial charge in [0.25, 0.3) is 0 Å². The van der Waals surface area contributed by atoms with Gasteiger partial charge in [0, 0.05) is 56.9 Å². The minimum absolute atomic E-state index is 0.0206. The normalized spacial score (nSPS) is 21.0. The fraction of sp³-hybridized carbons (Fsp3) is 0.571. The van der Waals surface area contributed by atoms with Crippen LogP contribution in [-0.4, -0.2) is 95.0 Å². The quantitative estimate of drug-likeness (QED) is 0.493. The first-order chi connectivity index (χ1) is 21.4. The number of amides is 5. The molecule has 0 unspecified atom stereocenters. The van der Waals surface area contributed by atoms with Crippen LogP contribution in [0.2, 0.25) is 0 Å². The third-order valence-electron chi connectivity index (χ3n) is 10.3. The summed E-state index contributed by atoms with van der Waals surface area (Å²) in [5, 5.41) is 6.16. The van der Waals surface area contributed by atoms with Gasteiger partial charge in [0.2, 0.25) is 5.91 Å². The Bertz CT molecular complexity index is 1340. The lowest BCUT2D eigenvalue weighted by Crippen LogP contribution is -2.57. The van der Waals surface area contributed by atoms with Crippen LogP contribution in [-0.2, 0) is 17.8 Å². The molecule has 0 aliphatic carbocycles. The van der Waals surface area contributed by atoms with Gasteiger partial charge in [-0.1, -0.05) is 42.8 Å². The lowest BCUT2D eigenvalue weighted by atomic mass is 9.97. The van der Waals surface area contributed by atoms with Crippen LogP contribution in [0.3, 0.4) is 0 Å². The molecule has 236 valence electrons. The predicted octanol–water partition coefficient (Wildman–Crippen LogP) is 4.91. The number of nitrogens with one attached hydrogen (secondary N) is 2. The molecule has 2 N–H and O–H groups in total. The van der Waals surface area contributed by atoms with E-state index in [4.69, 9.17) is 0 Å². The smallest absolute Gasteiger partial charge is 0.322 e. The summed E-state index contributed by atoms with van der Waals surface area (Å²) in [6.45, 7) is 9.70. The molecule has 2 aromatic rings. The summed E-state index contributed by atoms with van der Waals surface area (Å²) in [6.07, 6.45) is 7.77. The zero-order chi connectivity index (χ0) is 30.6. The molecule has 1 atom stereocenters. The number of rotatable bonds is 6. The number of likely N-dealkylation sites (tertiary alicyclic amines) is 3. The number of fused-ring (bicyclic) bond motifs is 1. The largest absolute Gasteiger partial charge is 0.341 e. The Hall–Kier alpha value is -3.59. The number of hydrogen-bond acceptors (Lipinski definition) is 4. The number of para-hydroxylation sites is 1. The van der Waals surface area contributed by atoms with E-state index in [0.29, 0.717) is 44.9 Å². The second-order valence-electron chi connectivity index (χ2n) is 13.2. The van der Waals surface area contributed by atoms with Crippen molar-refractivity contribution in [3.8, 4) is 0 Å². The Morgan fingerprint density at radius 3 is 2.25 bits per heavy atom. The van der Waals surface area contributed by atoms with E-state index in [2.05, 4.69) is 47.6 Å². The van der Waals surface area contributed by atoms with Gasteiger partial charge in [0.15, 0.2) is 0 Å². The molecular formula is C35H48N6O3. The summed E-state index contributed by atoms with van der Waals surface area (Å²) in [7, 11) is 0. The van der Waals surface area contributed by atoms with Gasteiger partial charge in [-0.3, -0.25) is 4.79 Å². The molecule has 0 radical (unpaired) electrons. The number of hydrogen-bond donors (Lipinski definition) is 2. The van der Waals surface area contributed by atoms with Gasteiger partial charge in [0.05, 0.1) is 0 Å². The highest BCUT2D eigenvalue weighted by Crippen LogP contribution is 2.28. The molecule has 4 aliphatic heterocycles. The fourth-order valence-corrected chi connectivity index (χ4v) is 7.46. The van der Waals surface area contributed by atoms with Crippen molar-refractivity contribution < 1.29 is 14.4 Å². The second-order valence-corrected chi connectivity index (χ2v) is 13.2. The molecule has 0 saturated carbocycles. The second kappa shape index (κ2) is 13.6. The van der Waals surface area contributed by atoms with Crippen LogP contribution in [0.5, 0.6) is 0 Å². The van der Waals surface area contributed by atoms with E-state index >= 15 is 0 Å². The molecule has 44 heavy (non-hydrogen) atoms. The third kappa shape index (κ3) is 6.88. The van der Waals surface area contributed by atoms with Crippen LogP contribution in [0.1, 0.15) is 67.2 Å². The van der Waals surface area contributed by atoms with Crippen molar-refractivity contribution in [2.75, 3.05) is 44.6 Å². The third-order valence-corrected chi connectivity index (χ3v) is 10.3. The number of urea groups is 2. The molecule has 0 bridgehead atoms. The number of carbonyl (C=O) groups excluding carboxylic acids is 3. The summed E-state index contributed by atoms with van der Waals surface area (Å²) < 4.78 is 0. The Kier molecular flexibility index (Phi) is 9.40. The molecule has 4 aliphatic rings. The van der Waals surface area contributed by atoms with E-state index in [9.17, 15) is 14.4 Å². The minimum atomic E-state index is -0.613. The van der Waals surface area contributed by atoms with E-state index in [0.717, 1.165) is 42.7 Å². The van der Waals surface area contributed by atoms with Crippen LogP contribution in [0, 0.1) is 13.8 Å². The SMILES string of the molecule is Cc1ccc(C[C@@H](NC(=O)N2CCC(N3Cc4ccccc4NC3=O)CC2)C(=O)N2CCC(N3CCCCC3)CC2)cc1C. The van der Waals surface area contributed by atoms with Crippen molar-refractivity contribution in [1.29, 1.82) is 0 Å². The fourth-order valence-electron chi connectivity index (χ4n) is 7.46. The van der Waals surface area contributed by atoms with E-state index in [-0.39, 0.29) is 24.0 Å². The van der Waals surface area contributed by atoms with Crippen LogP contribution < -0.4 is 10.6 Å². The van der Waals surface area contributed by atoms with Crippen LogP contribution in [0.15, 0.2) is 42.5 Å². The molecule has 6 rings (SSSR count). The summed E-state index contributed by atoms with van der Waals surface area (Å²) >= 11 is 0. The zero-order valence-electron chi connectivity index (χ0n) is 26.4. The standard InChI is InChI=1S/C35H48N6O3/c1-25-10-11-27(22-26(25)2)23-32(33(42)39-18-12-29(13-19-39)38-16-6-3-7-17-38)37-34(43)40-20-14-30(15-21-40)41-24-28-8-4-5-9-31(28)36-35(41)44/h4-5,8-11,22,29-30,32H,3,6-7,12-21,23-24H2,1-2H3,(H,36,44)(H,37,43)/t32-/m1/s1. The number of aryl methyl sites for hydroxylation is 2. The number of carbonyl (C=O) groups is 3. The van der Waals surface area contributed by atoms with Crippen LogP contribution >= 0.6 is 0 Å². The number of benzene rings is 2. The van der Waals surface area contributed by atoms with E-state index in [1.54, 1.807) is 0 Å². The lowest BCUT2D eigenvalue weighted by Gasteiger charge is -2.42. The molecular weight excluding hydrogens is 552 g/mol. The Labute approximate surface area is 261 Å². The van der Waals surface area contributed by atoms with Crippen molar-refractivity contribution in [3.05, 3.63) is 64.7 Å². The van der Waals surface area contributed by atoms with Gasteiger partial charge in [0.1, 0.15) is 6.04 Å². The molecule has 3 saturated heterocycles. The van der Waals surface area contributed by atoms with E-state index in [1.165, 1.54) is 43.5 Å². The van der Waals surface area contributed by atoms with E-state index < -0.39 is 6.04 Å². The van der Waals surface area contributed by atoms with Gasteiger partial charge in [-0.05, 0) is 93.8 Å². The van der Waals surface area contributed by atoms with Crippen molar-refractivity contribution in [1.82, 2.24) is 24.9 Å². The van der Waals surface area contributed by atoms with Crippen molar-refractivity contribution in [3.63, 3.8) is 0 Å². The Morgan fingerprint density at radius 2 is 1.52 bits per heavy atom. The van der Waals surface area contributed by atoms with E-state index in [1.807, 2.05) is 39.0 Å². The summed E-state index contributed by atoms with van der Waals surface area (Å²) in [5.41, 5.74) is 5.45. The minimum Gasteiger partial charge on any atom is -0.341 e. The number of nitrogens with zero attached hydrogens (tertiary/aromatic N) is 4. The molecule has 4 heterocycles. The average molecular weight is 601 g/mol. The maximum Gasteiger partial charge on any atom is 0.322 e. The average Bonchev–Trinajstić information content (AvgIpc) is 3.06. The van der Waals surface area contributed by atoms with Crippen molar-refractivity contribution >= 4 is 23.7 Å². The lowest BCUT2D eigenvalue weighted by molar-refractivity contribution is -0.134. The van der Waals surface area contributed by atoms with Crippen LogP contribution in [0.4, 0.5) is 15.3 Å². The molecule has 5 amide bonds. The first-order valence-electron chi connectivity index (χ1n) is 16.7. The Balaban J connectivity index is 1.08. The first kappa shape index (κ1) is 30.4. The van der Waals surface area contributed by atoms with Gasteiger partial charge >= 0.3 is 12.1 Å². The maximum absolute atomic E-state index is 14.0. The van der Waals surface area contributed by atoms with Gasteiger partial charge in [-0.25, -0.2) is 9.59 Å². The molecule has 9 nitrogen and oxygen atoms in total. The zero-order valence-corrected chi connectivity index (χ0v) is 26.4. The predicted molar refractivity (Wildman–Crippen MR) is 173 cm³/mol. The topological polar surface area (TPSA) is 88.2 Å². The van der Waals surface area contributed by atoms with Gasteiger partial charge in [-0.2, -0.15) is 0 Å². The summed E-state index contributed by atoms with van der Waals surface area (Å²) in [4.78, 5) is 48.8. The molecule has 0 spiro atoms. The molecule has 9 heteroatoms. The molecule has 2 aromatic carbocycles. The van der Waals surface area contributed by atoms with Crippen molar-refractivity contribution in [2.45, 2.75) is 89.9 Å². The highest BCUT2D eigenvalue weighted by Gasteiger charge is 2.35. The summed E-state index contributed by atoms with van der Waals surface area (Å²) in [6, 6.07) is 14.0. The number of piperidine rings is 3.